The molecular formula is C17H15N3O2. The van der Waals surface area contributed by atoms with Gasteiger partial charge in [0.05, 0.1) is 0 Å². The van der Waals surface area contributed by atoms with Crippen molar-refractivity contribution >= 4 is 22.7 Å². The van der Waals surface area contributed by atoms with Crippen LogP contribution in [0.5, 0.6) is 0 Å². The zero-order chi connectivity index (χ0) is 15.5. The highest BCUT2D eigenvalue weighted by Gasteiger charge is 2.09. The summed E-state index contributed by atoms with van der Waals surface area (Å²) in [5, 5.41) is 2.80. The number of nitrogens with one attached hydrogen (secondary N) is 1. The lowest BCUT2D eigenvalue weighted by Crippen LogP contribution is -2.08. The molecule has 0 aliphatic heterocycles. The average Bonchev–Trinajstić information content (AvgIpc) is 2.90. The number of pyridine rings is 1. The number of fused-ring (bicyclic) bond motifs is 1. The van der Waals surface area contributed by atoms with Gasteiger partial charge in [0.1, 0.15) is 5.52 Å². The molecule has 5 nitrogen and oxygen atoms in total. The highest BCUT2D eigenvalue weighted by atomic mass is 16.3. The first-order chi connectivity index (χ1) is 10.6. The van der Waals surface area contributed by atoms with Crippen LogP contribution in [0.15, 0.2) is 58.8 Å². The van der Waals surface area contributed by atoms with Gasteiger partial charge in [-0.15, -0.1) is 0 Å². The zero-order valence-corrected chi connectivity index (χ0v) is 12.3. The fraction of sp³-hybridized carbons (Fsp3) is 0.118. The standard InChI is InChI=1S/C17H15N3O2/c1-11(2)9-16(21)19-13-3-4-14-15(10-13)22-17(20-14)12-5-7-18-8-6-12/h3-10H,1-2H3,(H,19,21). The number of carbonyl (C=O) groups is 1. The van der Waals surface area contributed by atoms with Crippen molar-refractivity contribution in [3.05, 3.63) is 54.4 Å². The number of allylic oxidation sites excluding steroid dienone is 1. The molecule has 0 fully saturated rings. The first-order valence-corrected chi connectivity index (χ1v) is 6.89. The molecule has 2 heterocycles. The number of nitrogens with zero attached hydrogens (tertiary/aromatic N) is 2. The predicted octanol–water partition coefficient (Wildman–Crippen LogP) is 3.79. The first kappa shape index (κ1) is 14.0. The van der Waals surface area contributed by atoms with Crippen molar-refractivity contribution in [3.63, 3.8) is 0 Å². The molecule has 0 aliphatic carbocycles. The Morgan fingerprint density at radius 1 is 1.18 bits per heavy atom. The fourth-order valence-corrected chi connectivity index (χ4v) is 2.06. The maximum atomic E-state index is 11.7. The average molecular weight is 293 g/mol. The Bertz CT molecular complexity index is 847. The van der Waals surface area contributed by atoms with Crippen molar-refractivity contribution in [2.24, 2.45) is 0 Å². The van der Waals surface area contributed by atoms with Gasteiger partial charge in [-0.2, -0.15) is 0 Å². The van der Waals surface area contributed by atoms with Gasteiger partial charge < -0.3 is 9.73 Å². The van der Waals surface area contributed by atoms with Crippen LogP contribution in [0.2, 0.25) is 0 Å². The Morgan fingerprint density at radius 2 is 1.95 bits per heavy atom. The van der Waals surface area contributed by atoms with E-state index in [9.17, 15) is 4.79 Å². The summed E-state index contributed by atoms with van der Waals surface area (Å²) < 4.78 is 5.75. The van der Waals surface area contributed by atoms with Crippen LogP contribution in [0.4, 0.5) is 5.69 Å². The van der Waals surface area contributed by atoms with Gasteiger partial charge in [-0.25, -0.2) is 4.98 Å². The molecule has 0 aliphatic rings. The fourth-order valence-electron chi connectivity index (χ4n) is 2.06. The van der Waals surface area contributed by atoms with Crippen molar-refractivity contribution in [2.45, 2.75) is 13.8 Å². The van der Waals surface area contributed by atoms with E-state index < -0.39 is 0 Å². The van der Waals surface area contributed by atoms with E-state index in [2.05, 4.69) is 15.3 Å². The van der Waals surface area contributed by atoms with Gasteiger partial charge in [0.15, 0.2) is 5.58 Å². The zero-order valence-electron chi connectivity index (χ0n) is 12.3. The van der Waals surface area contributed by atoms with Crippen LogP contribution in [0, 0.1) is 0 Å². The summed E-state index contributed by atoms with van der Waals surface area (Å²) in [4.78, 5) is 20.2. The molecule has 0 saturated heterocycles. The summed E-state index contributed by atoms with van der Waals surface area (Å²) in [5.41, 5.74) is 3.85. The monoisotopic (exact) mass is 293 g/mol. The molecule has 1 N–H and O–H groups in total. The van der Waals surface area contributed by atoms with Gasteiger partial charge in [-0.1, -0.05) is 5.57 Å². The minimum atomic E-state index is -0.159. The van der Waals surface area contributed by atoms with E-state index in [-0.39, 0.29) is 5.91 Å². The third kappa shape index (κ3) is 3.03. The summed E-state index contributed by atoms with van der Waals surface area (Å²) in [7, 11) is 0. The van der Waals surface area contributed by atoms with E-state index in [1.807, 2.05) is 32.0 Å². The minimum Gasteiger partial charge on any atom is -0.436 e. The quantitative estimate of drug-likeness (QED) is 0.746. The van der Waals surface area contributed by atoms with Crippen molar-refractivity contribution in [3.8, 4) is 11.5 Å². The van der Waals surface area contributed by atoms with Crippen molar-refractivity contribution in [1.82, 2.24) is 9.97 Å². The molecule has 0 spiro atoms. The molecule has 3 aromatic rings. The third-order valence-electron chi connectivity index (χ3n) is 3.00. The van der Waals surface area contributed by atoms with E-state index in [1.165, 1.54) is 0 Å². The summed E-state index contributed by atoms with van der Waals surface area (Å²) in [5.74, 6) is 0.374. The van der Waals surface area contributed by atoms with E-state index >= 15 is 0 Å². The smallest absolute Gasteiger partial charge is 0.248 e. The molecule has 0 saturated carbocycles. The topological polar surface area (TPSA) is 68.0 Å². The molecule has 22 heavy (non-hydrogen) atoms. The van der Waals surface area contributed by atoms with E-state index in [0.717, 1.165) is 16.7 Å². The van der Waals surface area contributed by atoms with Crippen molar-refractivity contribution < 1.29 is 9.21 Å². The first-order valence-electron chi connectivity index (χ1n) is 6.89. The van der Waals surface area contributed by atoms with Crippen LogP contribution in [0.3, 0.4) is 0 Å². The van der Waals surface area contributed by atoms with Crippen LogP contribution >= 0.6 is 0 Å². The Kier molecular flexibility index (Phi) is 3.70. The second-order valence-corrected chi connectivity index (χ2v) is 5.15. The maximum absolute atomic E-state index is 11.7. The maximum Gasteiger partial charge on any atom is 0.248 e. The summed E-state index contributed by atoms with van der Waals surface area (Å²) in [6.07, 6.45) is 4.93. The van der Waals surface area contributed by atoms with Crippen LogP contribution < -0.4 is 5.32 Å². The number of anilines is 1. The number of benzene rings is 1. The lowest BCUT2D eigenvalue weighted by Gasteiger charge is -2.01. The molecule has 5 heteroatoms. The molecule has 0 radical (unpaired) electrons. The number of amides is 1. The summed E-state index contributed by atoms with van der Waals surface area (Å²) in [6, 6.07) is 9.06. The molecule has 3 rings (SSSR count). The van der Waals surface area contributed by atoms with Gasteiger partial charge in [-0.3, -0.25) is 9.78 Å². The number of rotatable bonds is 3. The van der Waals surface area contributed by atoms with E-state index in [1.54, 1.807) is 30.6 Å². The van der Waals surface area contributed by atoms with Crippen LogP contribution in [0.25, 0.3) is 22.6 Å². The second kappa shape index (κ2) is 5.81. The van der Waals surface area contributed by atoms with Crippen molar-refractivity contribution in [2.75, 3.05) is 5.32 Å². The predicted molar refractivity (Wildman–Crippen MR) is 85.3 cm³/mol. The largest absolute Gasteiger partial charge is 0.436 e. The summed E-state index contributed by atoms with van der Waals surface area (Å²) >= 11 is 0. The van der Waals surface area contributed by atoms with Gasteiger partial charge in [0.2, 0.25) is 11.8 Å². The Hall–Kier alpha value is -2.95. The van der Waals surface area contributed by atoms with Crippen LogP contribution in [-0.2, 0) is 4.79 Å². The summed E-state index contributed by atoms with van der Waals surface area (Å²) in [6.45, 7) is 3.75. The van der Waals surface area contributed by atoms with Crippen LogP contribution in [0.1, 0.15) is 13.8 Å². The van der Waals surface area contributed by atoms with Gasteiger partial charge in [-0.05, 0) is 38.1 Å². The highest BCUT2D eigenvalue weighted by Crippen LogP contribution is 2.25. The number of hydrogen-bond donors (Lipinski definition) is 1. The molecule has 2 aromatic heterocycles. The molecular weight excluding hydrogens is 278 g/mol. The van der Waals surface area contributed by atoms with Crippen molar-refractivity contribution in [1.29, 1.82) is 0 Å². The van der Waals surface area contributed by atoms with Gasteiger partial charge in [0, 0.05) is 35.8 Å². The number of hydrogen-bond acceptors (Lipinski definition) is 4. The number of carbonyl (C=O) groups excluding carboxylic acids is 1. The van der Waals surface area contributed by atoms with E-state index in [4.69, 9.17) is 4.42 Å². The van der Waals surface area contributed by atoms with Gasteiger partial charge >= 0.3 is 0 Å². The molecule has 1 amide bonds. The lowest BCUT2D eigenvalue weighted by molar-refractivity contribution is -0.111. The molecule has 0 bridgehead atoms. The number of aromatic nitrogens is 2. The number of oxazole rings is 1. The Labute approximate surface area is 127 Å². The molecule has 0 unspecified atom stereocenters. The normalized spacial score (nSPS) is 10.5. The SMILES string of the molecule is CC(C)=CC(=O)Nc1ccc2nc(-c3ccncc3)oc2c1. The molecule has 1 aromatic carbocycles. The van der Waals surface area contributed by atoms with Crippen LogP contribution in [-0.4, -0.2) is 15.9 Å². The van der Waals surface area contributed by atoms with Gasteiger partial charge in [0.25, 0.3) is 0 Å². The second-order valence-electron chi connectivity index (χ2n) is 5.15. The minimum absolute atomic E-state index is 0.159. The Balaban J connectivity index is 1.91. The third-order valence-corrected chi connectivity index (χ3v) is 3.00. The molecule has 110 valence electrons. The Morgan fingerprint density at radius 3 is 2.68 bits per heavy atom. The molecule has 0 atom stereocenters. The lowest BCUT2D eigenvalue weighted by atomic mass is 10.2. The van der Waals surface area contributed by atoms with E-state index in [0.29, 0.717) is 17.2 Å². The highest BCUT2D eigenvalue weighted by molar-refractivity contribution is 6.00.